The van der Waals surface area contributed by atoms with Crippen molar-refractivity contribution in [1.82, 2.24) is 28.7 Å². The number of aryl methyl sites for hydroxylation is 1. The van der Waals surface area contributed by atoms with Gasteiger partial charge < -0.3 is 9.55 Å². The number of H-pyrrole nitrogens is 1. The number of thiophene rings is 1. The molecule has 0 saturated heterocycles. The number of fused-ring (bicyclic) bond motifs is 2. The third kappa shape index (κ3) is 2.25. The Kier molecular flexibility index (Phi) is 3.41. The number of nitrogens with zero attached hydrogens (tertiary/aromatic N) is 5. The highest BCUT2D eigenvalue weighted by atomic mass is 35.5. The van der Waals surface area contributed by atoms with E-state index in [-0.39, 0.29) is 28.6 Å². The fourth-order valence-electron chi connectivity index (χ4n) is 2.71. The van der Waals surface area contributed by atoms with E-state index in [1.807, 2.05) is 0 Å². The molecule has 0 radical (unpaired) electrons. The molecule has 0 aliphatic carbocycles. The number of halogens is 1. The van der Waals surface area contributed by atoms with Gasteiger partial charge in [-0.3, -0.25) is 18.7 Å². The number of imidazole rings is 1. The predicted octanol–water partition coefficient (Wildman–Crippen LogP) is 0.433. The van der Waals surface area contributed by atoms with Gasteiger partial charge in [0, 0.05) is 14.1 Å². The molecule has 25 heavy (non-hydrogen) atoms. The molecule has 0 amide bonds. The molecule has 4 heterocycles. The monoisotopic (exact) mass is 378 g/mol. The molecule has 0 aliphatic heterocycles. The summed E-state index contributed by atoms with van der Waals surface area (Å²) in [7, 11) is 2.89. The maximum Gasteiger partial charge on any atom is 0.332 e. The Hall–Kier alpha value is -2.72. The Morgan fingerprint density at radius 2 is 1.96 bits per heavy atom. The predicted molar refractivity (Wildman–Crippen MR) is 94.6 cm³/mol. The van der Waals surface area contributed by atoms with Crippen LogP contribution >= 0.6 is 22.9 Å². The zero-order valence-electron chi connectivity index (χ0n) is 13.1. The van der Waals surface area contributed by atoms with Crippen LogP contribution in [0.4, 0.5) is 0 Å². The van der Waals surface area contributed by atoms with Gasteiger partial charge in [-0.25, -0.2) is 9.78 Å². The van der Waals surface area contributed by atoms with Gasteiger partial charge in [-0.1, -0.05) is 0 Å². The van der Waals surface area contributed by atoms with Crippen LogP contribution in [0.25, 0.3) is 21.4 Å². The summed E-state index contributed by atoms with van der Waals surface area (Å²) in [4.78, 5) is 47.8. The molecule has 0 spiro atoms. The smallest absolute Gasteiger partial charge is 0.308 e. The lowest BCUT2D eigenvalue weighted by atomic mass is 10.4. The fraction of sp³-hybridized carbons (Fsp3) is 0.214. The minimum Gasteiger partial charge on any atom is -0.308 e. The van der Waals surface area contributed by atoms with Crippen LogP contribution in [0.15, 0.2) is 25.8 Å². The van der Waals surface area contributed by atoms with Gasteiger partial charge in [0.1, 0.15) is 10.5 Å². The van der Waals surface area contributed by atoms with Crippen molar-refractivity contribution in [1.29, 1.82) is 0 Å². The molecule has 0 saturated carbocycles. The summed E-state index contributed by atoms with van der Waals surface area (Å²) in [5.74, 6) is 0.341. The van der Waals surface area contributed by atoms with Crippen LogP contribution in [0, 0.1) is 0 Å². The van der Waals surface area contributed by atoms with E-state index in [9.17, 15) is 14.4 Å². The van der Waals surface area contributed by atoms with Crippen molar-refractivity contribution in [2.45, 2.75) is 6.54 Å². The van der Waals surface area contributed by atoms with Gasteiger partial charge in [0.25, 0.3) is 11.1 Å². The molecule has 11 heteroatoms. The van der Waals surface area contributed by atoms with Crippen LogP contribution in [0.3, 0.4) is 0 Å². The summed E-state index contributed by atoms with van der Waals surface area (Å²) < 4.78 is 4.19. The van der Waals surface area contributed by atoms with Crippen LogP contribution < -0.4 is 16.8 Å². The average molecular weight is 379 g/mol. The van der Waals surface area contributed by atoms with E-state index in [1.54, 1.807) is 11.4 Å². The molecule has 1 N–H and O–H groups in total. The van der Waals surface area contributed by atoms with E-state index in [2.05, 4.69) is 15.0 Å². The van der Waals surface area contributed by atoms with E-state index in [0.717, 1.165) is 4.57 Å². The van der Waals surface area contributed by atoms with Gasteiger partial charge in [0.05, 0.1) is 12.1 Å². The molecule has 0 unspecified atom stereocenters. The first kappa shape index (κ1) is 15.8. The minimum atomic E-state index is -0.517. The van der Waals surface area contributed by atoms with Crippen molar-refractivity contribution >= 4 is 44.3 Å². The van der Waals surface area contributed by atoms with Crippen LogP contribution in [0.1, 0.15) is 5.82 Å². The molecule has 0 fully saturated rings. The second kappa shape index (κ2) is 5.39. The van der Waals surface area contributed by atoms with E-state index < -0.39 is 11.2 Å². The van der Waals surface area contributed by atoms with Gasteiger partial charge in [-0.05, 0) is 23.0 Å². The number of rotatable bonds is 2. The van der Waals surface area contributed by atoms with Crippen molar-refractivity contribution in [3.05, 3.63) is 53.7 Å². The Balaban J connectivity index is 1.98. The molecule has 0 aliphatic rings. The van der Waals surface area contributed by atoms with E-state index in [1.165, 1.54) is 34.6 Å². The number of hydrogen-bond acceptors (Lipinski definition) is 6. The fourth-order valence-corrected chi connectivity index (χ4v) is 3.66. The molecule has 4 aromatic heterocycles. The molecular formula is C14H11ClN6O3S. The van der Waals surface area contributed by atoms with Crippen molar-refractivity contribution < 1.29 is 0 Å². The normalized spacial score (nSPS) is 11.6. The van der Waals surface area contributed by atoms with Crippen molar-refractivity contribution in [3.8, 4) is 0 Å². The summed E-state index contributed by atoms with van der Waals surface area (Å²) in [6, 6.07) is 1.75. The van der Waals surface area contributed by atoms with Gasteiger partial charge in [0.2, 0.25) is 5.28 Å². The first-order valence-electron chi connectivity index (χ1n) is 7.16. The van der Waals surface area contributed by atoms with Gasteiger partial charge in [-0.2, -0.15) is 4.98 Å². The van der Waals surface area contributed by atoms with Crippen LogP contribution in [0.5, 0.6) is 0 Å². The van der Waals surface area contributed by atoms with Crippen molar-refractivity contribution in [2.24, 2.45) is 14.1 Å². The largest absolute Gasteiger partial charge is 0.332 e. The first-order valence-corrected chi connectivity index (χ1v) is 8.42. The van der Waals surface area contributed by atoms with Crippen molar-refractivity contribution in [2.75, 3.05) is 0 Å². The molecule has 0 atom stereocenters. The quantitative estimate of drug-likeness (QED) is 0.509. The van der Waals surface area contributed by atoms with E-state index in [4.69, 9.17) is 11.6 Å². The summed E-state index contributed by atoms with van der Waals surface area (Å²) in [6.45, 7) is 0.0454. The Bertz CT molecular complexity index is 1320. The highest BCUT2D eigenvalue weighted by Gasteiger charge is 2.19. The lowest BCUT2D eigenvalue weighted by Gasteiger charge is -2.07. The van der Waals surface area contributed by atoms with Crippen LogP contribution in [-0.2, 0) is 20.6 Å². The number of aromatic amines is 1. The summed E-state index contributed by atoms with van der Waals surface area (Å²) in [6.07, 6.45) is 0. The molecule has 9 nitrogen and oxygen atoms in total. The molecule has 4 rings (SSSR count). The second-order valence-corrected chi connectivity index (χ2v) is 6.75. The number of nitrogens with one attached hydrogen (secondary N) is 1. The SMILES string of the molecule is Cn1c(=O)c2c(nc(Cl)n2Cc2nc3ccsc3c(=O)[nH]2)n(C)c1=O. The van der Waals surface area contributed by atoms with E-state index in [0.29, 0.717) is 16.0 Å². The number of aromatic nitrogens is 6. The van der Waals surface area contributed by atoms with Crippen molar-refractivity contribution in [3.63, 3.8) is 0 Å². The maximum absolute atomic E-state index is 12.5. The Morgan fingerprint density at radius 1 is 1.20 bits per heavy atom. The van der Waals surface area contributed by atoms with E-state index >= 15 is 0 Å². The molecule has 4 aromatic rings. The summed E-state index contributed by atoms with van der Waals surface area (Å²) in [5.41, 5.74) is -0.346. The van der Waals surface area contributed by atoms with Crippen LogP contribution in [-0.4, -0.2) is 28.7 Å². The third-order valence-corrected chi connectivity index (χ3v) is 5.16. The minimum absolute atomic E-state index is 0.0290. The van der Waals surface area contributed by atoms with Crippen LogP contribution in [0.2, 0.25) is 5.28 Å². The van der Waals surface area contributed by atoms with Gasteiger partial charge >= 0.3 is 5.69 Å². The molecule has 0 bridgehead atoms. The molecule has 0 aromatic carbocycles. The lowest BCUT2D eigenvalue weighted by molar-refractivity contribution is 0.698. The Morgan fingerprint density at radius 3 is 2.72 bits per heavy atom. The number of hydrogen-bond donors (Lipinski definition) is 1. The second-order valence-electron chi connectivity index (χ2n) is 5.49. The highest BCUT2D eigenvalue weighted by molar-refractivity contribution is 7.17. The molecular weight excluding hydrogens is 368 g/mol. The standard InChI is InChI=1S/C14H11ClN6O3S/c1-19-10-8(12(23)20(2)14(19)24)21(13(15)18-10)5-7-16-6-3-4-25-9(6)11(22)17-7/h3-4H,5H2,1-2H3,(H,16,17,22). The highest BCUT2D eigenvalue weighted by Crippen LogP contribution is 2.18. The topological polar surface area (TPSA) is 108 Å². The summed E-state index contributed by atoms with van der Waals surface area (Å²) >= 11 is 7.48. The van der Waals surface area contributed by atoms with Gasteiger partial charge in [-0.15, -0.1) is 11.3 Å². The maximum atomic E-state index is 12.5. The zero-order chi connectivity index (χ0) is 17.9. The summed E-state index contributed by atoms with van der Waals surface area (Å²) in [5, 5.41) is 1.81. The third-order valence-electron chi connectivity index (χ3n) is 3.97. The Labute approximate surface area is 147 Å². The van der Waals surface area contributed by atoms with Gasteiger partial charge in [0.15, 0.2) is 11.2 Å². The lowest BCUT2D eigenvalue weighted by Crippen LogP contribution is -2.37. The first-order chi connectivity index (χ1) is 11.9. The zero-order valence-corrected chi connectivity index (χ0v) is 14.7. The molecule has 128 valence electrons. The average Bonchev–Trinajstić information content (AvgIpc) is 3.17.